The Bertz CT molecular complexity index is 739. The third-order valence-corrected chi connectivity index (χ3v) is 7.10. The molecule has 1 aliphatic rings. The molecule has 0 spiro atoms. The van der Waals surface area contributed by atoms with E-state index < -0.39 is 10.0 Å². The van der Waals surface area contributed by atoms with Gasteiger partial charge in [-0.2, -0.15) is 5.10 Å². The van der Waals surface area contributed by atoms with Crippen molar-refractivity contribution in [2.24, 2.45) is 7.05 Å². The molecule has 0 aliphatic carbocycles. The van der Waals surface area contributed by atoms with E-state index in [9.17, 15) is 8.42 Å². The molecule has 3 heterocycles. The molecule has 0 fully saturated rings. The van der Waals surface area contributed by atoms with E-state index in [4.69, 9.17) is 0 Å². The summed E-state index contributed by atoms with van der Waals surface area (Å²) in [7, 11) is -1.69. The molecular weight excluding hydrogens is 294 g/mol. The molecule has 7 heteroatoms. The quantitative estimate of drug-likeness (QED) is 0.854. The number of rotatable bonds is 2. The maximum Gasteiger partial charge on any atom is 0.275 e. The van der Waals surface area contributed by atoms with Crippen LogP contribution in [0.3, 0.4) is 0 Å². The molecule has 5 nitrogen and oxygen atoms in total. The first-order valence-electron chi connectivity index (χ1n) is 6.52. The second-order valence-electron chi connectivity index (χ2n) is 5.10. The van der Waals surface area contributed by atoms with Gasteiger partial charge in [-0.25, -0.2) is 12.7 Å². The van der Waals surface area contributed by atoms with Gasteiger partial charge in [-0.05, 0) is 38.3 Å². The first-order chi connectivity index (χ1) is 9.41. The topological polar surface area (TPSA) is 55.2 Å². The van der Waals surface area contributed by atoms with Crippen LogP contribution in [0, 0.1) is 13.8 Å². The average Bonchev–Trinajstić information content (AvgIpc) is 2.95. The molecule has 0 amide bonds. The first-order valence-corrected chi connectivity index (χ1v) is 8.77. The molecule has 0 saturated carbocycles. The van der Waals surface area contributed by atoms with E-state index in [1.807, 2.05) is 13.8 Å². The first kappa shape index (κ1) is 13.6. The summed E-state index contributed by atoms with van der Waals surface area (Å²) in [4.78, 5) is 1.05. The summed E-state index contributed by atoms with van der Waals surface area (Å²) in [6, 6.07) is 1.76. The summed E-state index contributed by atoms with van der Waals surface area (Å²) in [5.41, 5.74) is 2.03. The lowest BCUT2D eigenvalue weighted by Gasteiger charge is -2.28. The van der Waals surface area contributed by atoms with Crippen LogP contribution >= 0.6 is 11.3 Å². The van der Waals surface area contributed by atoms with E-state index in [0.29, 0.717) is 16.6 Å². The highest BCUT2D eigenvalue weighted by Gasteiger charge is 2.32. The lowest BCUT2D eigenvalue weighted by atomic mass is 10.1. The molecule has 0 unspecified atom stereocenters. The van der Waals surface area contributed by atoms with Crippen LogP contribution in [0.2, 0.25) is 0 Å². The van der Waals surface area contributed by atoms with E-state index in [1.54, 1.807) is 24.0 Å². The summed E-state index contributed by atoms with van der Waals surface area (Å²) in [5, 5.41) is 4.19. The summed E-state index contributed by atoms with van der Waals surface area (Å²) in [6.07, 6.45) is 3.49. The van der Waals surface area contributed by atoms with Crippen molar-refractivity contribution in [3.05, 3.63) is 28.3 Å². The number of hydrogen-bond donors (Lipinski definition) is 0. The van der Waals surface area contributed by atoms with Crippen LogP contribution in [0.15, 0.2) is 16.5 Å². The minimum atomic E-state index is -3.48. The largest absolute Gasteiger partial charge is 0.275 e. The van der Waals surface area contributed by atoms with Gasteiger partial charge >= 0.3 is 0 Å². The molecule has 3 rings (SSSR count). The average molecular weight is 311 g/mol. The van der Waals surface area contributed by atoms with Gasteiger partial charge in [-0.15, -0.1) is 11.3 Å². The summed E-state index contributed by atoms with van der Waals surface area (Å²) in [6.45, 7) is 4.41. The number of aromatic nitrogens is 2. The minimum absolute atomic E-state index is 0.418. The Balaban J connectivity index is 2.11. The second-order valence-corrected chi connectivity index (χ2v) is 8.45. The fourth-order valence-electron chi connectivity index (χ4n) is 2.50. The molecule has 0 saturated heterocycles. The van der Waals surface area contributed by atoms with Crippen LogP contribution in [-0.2, 0) is 23.5 Å². The monoisotopic (exact) mass is 311 g/mol. The number of thiophene rings is 1. The maximum absolute atomic E-state index is 12.9. The summed E-state index contributed by atoms with van der Waals surface area (Å²) >= 11 is 1.34. The molecule has 1 aliphatic heterocycles. The lowest BCUT2D eigenvalue weighted by Crippen LogP contribution is -2.36. The third-order valence-electron chi connectivity index (χ3n) is 3.71. The van der Waals surface area contributed by atoms with E-state index in [0.717, 1.165) is 28.8 Å². The van der Waals surface area contributed by atoms with Gasteiger partial charge in [0.05, 0.1) is 6.20 Å². The van der Waals surface area contributed by atoms with Gasteiger partial charge in [0.25, 0.3) is 10.0 Å². The smallest absolute Gasteiger partial charge is 0.252 e. The van der Waals surface area contributed by atoms with Crippen molar-refractivity contribution in [2.45, 2.75) is 30.9 Å². The zero-order valence-electron chi connectivity index (χ0n) is 11.8. The van der Waals surface area contributed by atoms with Crippen molar-refractivity contribution in [3.63, 3.8) is 0 Å². The van der Waals surface area contributed by atoms with E-state index in [1.165, 1.54) is 15.6 Å². The molecule has 2 aromatic heterocycles. The van der Waals surface area contributed by atoms with Crippen molar-refractivity contribution >= 4 is 27.2 Å². The van der Waals surface area contributed by atoms with Crippen LogP contribution in [0.1, 0.15) is 22.4 Å². The van der Waals surface area contributed by atoms with Gasteiger partial charge in [0.15, 0.2) is 0 Å². The molecule has 0 atom stereocenters. The zero-order valence-corrected chi connectivity index (χ0v) is 13.4. The minimum Gasteiger partial charge on any atom is -0.252 e. The molecule has 0 bridgehead atoms. The SMILES string of the molecule is Cc1cc(S(=O)(=O)N2CCCc3cnn(C)c32)sc1C. The van der Waals surface area contributed by atoms with Gasteiger partial charge < -0.3 is 0 Å². The number of hydrogen-bond acceptors (Lipinski definition) is 4. The molecule has 2 aromatic rings. The molecule has 0 radical (unpaired) electrons. The highest BCUT2D eigenvalue weighted by Crippen LogP contribution is 2.34. The Hall–Kier alpha value is -1.34. The van der Waals surface area contributed by atoms with Crippen LogP contribution in [0.25, 0.3) is 0 Å². The highest BCUT2D eigenvalue weighted by atomic mass is 32.2. The summed E-state index contributed by atoms with van der Waals surface area (Å²) in [5.74, 6) is 0.708. The van der Waals surface area contributed by atoms with Gasteiger partial charge in [0.1, 0.15) is 10.0 Å². The van der Waals surface area contributed by atoms with Crippen LogP contribution in [0.4, 0.5) is 5.82 Å². The van der Waals surface area contributed by atoms with Crippen LogP contribution < -0.4 is 4.31 Å². The Kier molecular flexibility index (Phi) is 3.13. The van der Waals surface area contributed by atoms with Crippen molar-refractivity contribution in [1.29, 1.82) is 0 Å². The number of fused-ring (bicyclic) bond motifs is 1. The van der Waals surface area contributed by atoms with Crippen molar-refractivity contribution in [3.8, 4) is 0 Å². The van der Waals surface area contributed by atoms with E-state index in [2.05, 4.69) is 5.10 Å². The number of nitrogens with zero attached hydrogens (tertiary/aromatic N) is 3. The third kappa shape index (κ3) is 1.96. The van der Waals surface area contributed by atoms with Gasteiger partial charge in [0.2, 0.25) is 0 Å². The highest BCUT2D eigenvalue weighted by molar-refractivity contribution is 7.94. The normalized spacial score (nSPS) is 15.4. The van der Waals surface area contributed by atoms with Gasteiger partial charge in [0, 0.05) is 24.0 Å². The van der Waals surface area contributed by atoms with Crippen LogP contribution in [-0.4, -0.2) is 24.7 Å². The molecular formula is C13H17N3O2S2. The Morgan fingerprint density at radius 2 is 2.10 bits per heavy atom. The molecule has 20 heavy (non-hydrogen) atoms. The van der Waals surface area contributed by atoms with E-state index >= 15 is 0 Å². The number of aryl methyl sites for hydroxylation is 4. The molecule has 0 aromatic carbocycles. The maximum atomic E-state index is 12.9. The van der Waals surface area contributed by atoms with Crippen molar-refractivity contribution in [1.82, 2.24) is 9.78 Å². The zero-order chi connectivity index (χ0) is 14.5. The summed E-state index contributed by atoms with van der Waals surface area (Å²) < 4.78 is 29.3. The Labute approximate surface area is 122 Å². The molecule has 108 valence electrons. The van der Waals surface area contributed by atoms with Crippen molar-refractivity contribution in [2.75, 3.05) is 10.8 Å². The predicted molar refractivity (Wildman–Crippen MR) is 79.9 cm³/mol. The second kappa shape index (κ2) is 4.60. The van der Waals surface area contributed by atoms with Gasteiger partial charge in [-0.3, -0.25) is 4.68 Å². The van der Waals surface area contributed by atoms with E-state index in [-0.39, 0.29) is 0 Å². The molecule has 0 N–H and O–H groups in total. The lowest BCUT2D eigenvalue weighted by molar-refractivity contribution is 0.584. The van der Waals surface area contributed by atoms with Gasteiger partial charge in [-0.1, -0.05) is 0 Å². The number of sulfonamides is 1. The van der Waals surface area contributed by atoms with Crippen LogP contribution in [0.5, 0.6) is 0 Å². The Morgan fingerprint density at radius 1 is 1.35 bits per heavy atom. The Morgan fingerprint density at radius 3 is 2.75 bits per heavy atom. The fourth-order valence-corrected chi connectivity index (χ4v) is 5.70. The predicted octanol–water partition coefficient (Wildman–Crippen LogP) is 2.24. The fraction of sp³-hybridized carbons (Fsp3) is 0.462. The number of anilines is 1. The van der Waals surface area contributed by atoms with Crippen molar-refractivity contribution < 1.29 is 8.42 Å². The standard InChI is InChI=1S/C13H17N3O2S2/c1-9-7-12(19-10(9)2)20(17,18)16-6-4-5-11-8-14-15(3)13(11)16/h7-8H,4-6H2,1-3H3.